The predicted molar refractivity (Wildman–Crippen MR) is 87.3 cm³/mol. The standard InChI is InChI=1S/C8H8.C7H11.C4H8O.Sm/c1-2-4-6-8-7-5-3-1;1-6(2)5-7(3)4;1-2-4-5-3-1;/h1-8H;5H,1,3H2,2,4H3;1-4H2;. The first-order chi connectivity index (χ1) is 9.63. The zero-order chi connectivity index (χ0) is 15.1. The molecule has 21 heavy (non-hydrogen) atoms. The number of hydrogen-bond acceptors (Lipinski definition) is 1. The average Bonchev–Trinajstić information content (AvgIpc) is 2.84. The summed E-state index contributed by atoms with van der Waals surface area (Å²) in [6.07, 6.45) is 20.5. The summed E-state index contributed by atoms with van der Waals surface area (Å²) in [5.41, 5.74) is 0. The molecule has 13 radical (unpaired) electrons. The van der Waals surface area contributed by atoms with E-state index in [2.05, 4.69) is 13.8 Å². The minimum Gasteiger partial charge on any atom is -0.381 e. The third-order valence-electron chi connectivity index (χ3n) is 2.21. The van der Waals surface area contributed by atoms with Crippen molar-refractivity contribution in [1.29, 1.82) is 0 Å². The molecule has 1 saturated carbocycles. The van der Waals surface area contributed by atoms with Crippen LogP contribution in [0, 0.1) is 124 Å². The average molecular weight is 422 g/mol. The monoisotopic (exact) mass is 423 g/mol. The van der Waals surface area contributed by atoms with Crippen molar-refractivity contribution in [2.45, 2.75) is 26.7 Å². The van der Waals surface area contributed by atoms with E-state index in [0.29, 0.717) is 0 Å². The van der Waals surface area contributed by atoms with Crippen LogP contribution in [0.3, 0.4) is 0 Å². The summed E-state index contributed by atoms with van der Waals surface area (Å²) in [4.78, 5) is 0. The second kappa shape index (κ2) is 19.3. The van der Waals surface area contributed by atoms with E-state index in [4.69, 9.17) is 4.74 Å². The fourth-order valence-electron chi connectivity index (χ4n) is 1.44. The van der Waals surface area contributed by atoms with Gasteiger partial charge in [0, 0.05) is 53.6 Å². The van der Waals surface area contributed by atoms with Crippen LogP contribution in [0.5, 0.6) is 0 Å². The van der Waals surface area contributed by atoms with Gasteiger partial charge in [-0.25, -0.2) is 0 Å². The maximum atomic E-state index is 4.94. The van der Waals surface area contributed by atoms with E-state index in [1.165, 1.54) is 12.8 Å². The van der Waals surface area contributed by atoms with E-state index in [-0.39, 0.29) is 40.4 Å². The topological polar surface area (TPSA) is 9.23 Å². The van der Waals surface area contributed by atoms with Gasteiger partial charge in [0.15, 0.2) is 0 Å². The van der Waals surface area contributed by atoms with E-state index in [1.807, 2.05) is 71.6 Å². The molecule has 1 nitrogen and oxygen atoms in total. The second-order valence-corrected chi connectivity index (χ2v) is 4.70. The first-order valence-corrected chi connectivity index (χ1v) is 7.03. The van der Waals surface area contributed by atoms with E-state index in [0.717, 1.165) is 25.0 Å². The van der Waals surface area contributed by atoms with Crippen molar-refractivity contribution in [3.05, 3.63) is 83.5 Å². The Bertz CT molecular complexity index is 139. The van der Waals surface area contributed by atoms with Crippen LogP contribution in [0.15, 0.2) is 0 Å². The fourth-order valence-corrected chi connectivity index (χ4v) is 1.44. The van der Waals surface area contributed by atoms with E-state index in [1.54, 1.807) is 0 Å². The molecule has 0 aromatic heterocycles. The van der Waals surface area contributed by atoms with Crippen LogP contribution in [0.1, 0.15) is 26.7 Å². The van der Waals surface area contributed by atoms with Gasteiger partial charge in [-0.2, -0.15) is 0 Å². The van der Waals surface area contributed by atoms with Crippen molar-refractivity contribution in [1.82, 2.24) is 0 Å². The molecule has 0 N–H and O–H groups in total. The first-order valence-electron chi connectivity index (χ1n) is 7.03. The molecule has 0 aromatic rings. The van der Waals surface area contributed by atoms with Crippen molar-refractivity contribution in [3.63, 3.8) is 0 Å². The molecular weight excluding hydrogens is 395 g/mol. The van der Waals surface area contributed by atoms with Crippen LogP contribution in [0.2, 0.25) is 0 Å². The van der Waals surface area contributed by atoms with Crippen LogP contribution < -0.4 is 0 Å². The van der Waals surface area contributed by atoms with Gasteiger partial charge in [-0.1, -0.05) is 13.8 Å². The Kier molecular flexibility index (Phi) is 22.6. The largest absolute Gasteiger partial charge is 0.381 e. The molecule has 0 aromatic carbocycles. The van der Waals surface area contributed by atoms with Gasteiger partial charge in [0.2, 0.25) is 0 Å². The molecule has 0 amide bonds. The molecular formula is C19H27OSm. The molecule has 1 heterocycles. The summed E-state index contributed by atoms with van der Waals surface area (Å²) >= 11 is 0. The Morgan fingerprint density at radius 3 is 1.14 bits per heavy atom. The summed E-state index contributed by atoms with van der Waals surface area (Å²) in [6.45, 7) is 13.3. The van der Waals surface area contributed by atoms with Gasteiger partial charge in [0.1, 0.15) is 0 Å². The molecule has 2 rings (SSSR count). The summed E-state index contributed by atoms with van der Waals surface area (Å²) in [5.74, 6) is 2.12. The van der Waals surface area contributed by atoms with Crippen molar-refractivity contribution in [2.75, 3.05) is 13.2 Å². The molecule has 0 atom stereocenters. The Morgan fingerprint density at radius 2 is 1.05 bits per heavy atom. The summed E-state index contributed by atoms with van der Waals surface area (Å²) in [6, 6.07) is 0. The zero-order valence-corrected chi connectivity index (χ0v) is 15.9. The molecule has 2 heteroatoms. The number of rotatable bonds is 2. The van der Waals surface area contributed by atoms with Crippen LogP contribution in [-0.2, 0) is 4.74 Å². The Balaban J connectivity index is 0. The SMILES string of the molecule is C1CCOC1.[CH2][C](C)[CH][C]([CH2])C.[CH]1[CH][CH][CH][CH][CH][CH][CH]1.[Sm]. The summed E-state index contributed by atoms with van der Waals surface area (Å²) in [5, 5.41) is 0. The molecule has 115 valence electrons. The smallest absolute Gasteiger partial charge is 0.0466 e. The van der Waals surface area contributed by atoms with Crippen molar-refractivity contribution in [3.8, 4) is 0 Å². The van der Waals surface area contributed by atoms with Gasteiger partial charge in [-0.15, -0.1) is 0 Å². The zero-order valence-electron chi connectivity index (χ0n) is 13.3. The van der Waals surface area contributed by atoms with E-state index >= 15 is 0 Å². The van der Waals surface area contributed by atoms with Crippen molar-refractivity contribution in [2.24, 2.45) is 0 Å². The third kappa shape index (κ3) is 23.7. The van der Waals surface area contributed by atoms with Crippen LogP contribution >= 0.6 is 0 Å². The molecule has 0 spiro atoms. The first kappa shape index (κ1) is 24.5. The Labute approximate surface area is 167 Å². The maximum absolute atomic E-state index is 4.94. The molecule has 1 saturated heterocycles. The molecule has 2 aliphatic rings. The third-order valence-corrected chi connectivity index (χ3v) is 2.21. The molecule has 1 aliphatic carbocycles. The quantitative estimate of drug-likeness (QED) is 0.639. The van der Waals surface area contributed by atoms with Gasteiger partial charge in [-0.05, 0) is 96.3 Å². The number of hydrogen-bond donors (Lipinski definition) is 0. The number of ether oxygens (including phenoxy) is 1. The van der Waals surface area contributed by atoms with Crippen LogP contribution in [0.4, 0.5) is 0 Å². The van der Waals surface area contributed by atoms with E-state index < -0.39 is 0 Å². The van der Waals surface area contributed by atoms with Crippen molar-refractivity contribution < 1.29 is 45.1 Å². The maximum Gasteiger partial charge on any atom is 0.0466 e. The van der Waals surface area contributed by atoms with Crippen molar-refractivity contribution >= 4 is 0 Å². The Hall–Kier alpha value is 1.30. The van der Waals surface area contributed by atoms with Gasteiger partial charge in [0.05, 0.1) is 0 Å². The van der Waals surface area contributed by atoms with Gasteiger partial charge >= 0.3 is 0 Å². The van der Waals surface area contributed by atoms with Gasteiger partial charge in [-0.3, -0.25) is 0 Å². The Morgan fingerprint density at radius 1 is 0.762 bits per heavy atom. The van der Waals surface area contributed by atoms with E-state index in [9.17, 15) is 0 Å². The second-order valence-electron chi connectivity index (χ2n) is 4.70. The fraction of sp³-hybridized carbons (Fsp3) is 0.316. The predicted octanol–water partition coefficient (Wildman–Crippen LogP) is 4.48. The van der Waals surface area contributed by atoms with Crippen LogP contribution in [0.25, 0.3) is 0 Å². The molecule has 2 fully saturated rings. The molecule has 1 aliphatic heterocycles. The minimum absolute atomic E-state index is 0. The van der Waals surface area contributed by atoms with Crippen LogP contribution in [-0.4, -0.2) is 13.2 Å². The summed E-state index contributed by atoms with van der Waals surface area (Å²) in [7, 11) is 0. The normalized spacial score (nSPS) is 18.6. The van der Waals surface area contributed by atoms with Gasteiger partial charge < -0.3 is 4.74 Å². The minimum atomic E-state index is 0. The summed E-state index contributed by atoms with van der Waals surface area (Å²) < 4.78 is 4.94. The van der Waals surface area contributed by atoms with Gasteiger partial charge in [0.25, 0.3) is 0 Å². The molecule has 0 unspecified atom stereocenters. The molecule has 0 bridgehead atoms.